The van der Waals surface area contributed by atoms with Crippen LogP contribution in [0.3, 0.4) is 0 Å². The summed E-state index contributed by atoms with van der Waals surface area (Å²) in [6.45, 7) is 7.32. The lowest BCUT2D eigenvalue weighted by atomic mass is 10.2. The Bertz CT molecular complexity index is 933. The molecule has 0 bridgehead atoms. The highest BCUT2D eigenvalue weighted by atomic mass is 16.2. The Morgan fingerprint density at radius 3 is 2.67 bits per heavy atom. The quantitative estimate of drug-likeness (QED) is 0.694. The summed E-state index contributed by atoms with van der Waals surface area (Å²) >= 11 is 0. The normalized spacial score (nSPS) is 14.2. The molecule has 0 saturated heterocycles. The second-order valence-electron chi connectivity index (χ2n) is 7.81. The van der Waals surface area contributed by atoms with Crippen LogP contribution in [0.5, 0.6) is 0 Å². The highest BCUT2D eigenvalue weighted by Crippen LogP contribution is 2.19. The molecule has 8 nitrogen and oxygen atoms in total. The molecule has 1 saturated carbocycles. The van der Waals surface area contributed by atoms with Crippen molar-refractivity contribution in [2.45, 2.75) is 78.4 Å². The van der Waals surface area contributed by atoms with Gasteiger partial charge in [0.2, 0.25) is 5.91 Å². The molecule has 1 amide bonds. The van der Waals surface area contributed by atoms with Gasteiger partial charge in [0.15, 0.2) is 11.2 Å². The number of amides is 1. The van der Waals surface area contributed by atoms with E-state index in [4.69, 9.17) is 0 Å². The Balaban J connectivity index is 1.99. The number of hydrogen-bond acceptors (Lipinski definition) is 4. The van der Waals surface area contributed by atoms with Crippen LogP contribution in [0.25, 0.3) is 11.2 Å². The number of unbranched alkanes of at least 4 members (excludes halogenated alkanes) is 1. The van der Waals surface area contributed by atoms with Crippen molar-refractivity contribution in [3.8, 4) is 0 Å². The van der Waals surface area contributed by atoms with Crippen LogP contribution < -0.4 is 16.6 Å². The minimum absolute atomic E-state index is 0.0120. The Morgan fingerprint density at radius 1 is 1.30 bits per heavy atom. The molecule has 0 spiro atoms. The first-order valence-electron chi connectivity index (χ1n) is 9.92. The number of fused-ring (bicyclic) bond motifs is 1. The third kappa shape index (κ3) is 4.48. The fraction of sp³-hybridized carbons (Fsp3) is 0.684. The van der Waals surface area contributed by atoms with Gasteiger partial charge in [0.05, 0.1) is 0 Å². The number of aromatic nitrogens is 4. The molecule has 2 aromatic heterocycles. The van der Waals surface area contributed by atoms with Crippen molar-refractivity contribution in [3.63, 3.8) is 0 Å². The molecule has 2 heterocycles. The summed E-state index contributed by atoms with van der Waals surface area (Å²) in [6.07, 6.45) is 4.65. The van der Waals surface area contributed by atoms with Gasteiger partial charge in [-0.1, -0.05) is 27.2 Å². The van der Waals surface area contributed by atoms with E-state index < -0.39 is 11.2 Å². The Kier molecular flexibility index (Phi) is 5.82. The summed E-state index contributed by atoms with van der Waals surface area (Å²) in [7, 11) is 0. The van der Waals surface area contributed by atoms with Crippen LogP contribution in [0.2, 0.25) is 0 Å². The van der Waals surface area contributed by atoms with Gasteiger partial charge in [-0.3, -0.25) is 19.1 Å². The zero-order valence-corrected chi connectivity index (χ0v) is 16.4. The zero-order valence-electron chi connectivity index (χ0n) is 16.4. The molecule has 0 radical (unpaired) electrons. The summed E-state index contributed by atoms with van der Waals surface area (Å²) in [5.41, 5.74) is 0.0187. The van der Waals surface area contributed by atoms with Gasteiger partial charge in [-0.25, -0.2) is 9.78 Å². The summed E-state index contributed by atoms with van der Waals surface area (Å²) in [6, 6.07) is 0.328. The highest BCUT2D eigenvalue weighted by Gasteiger charge is 2.24. The van der Waals surface area contributed by atoms with Crippen molar-refractivity contribution in [1.82, 2.24) is 24.4 Å². The van der Waals surface area contributed by atoms with Crippen LogP contribution in [-0.4, -0.2) is 31.1 Å². The Morgan fingerprint density at radius 2 is 2.04 bits per heavy atom. The molecule has 0 unspecified atom stereocenters. The Labute approximate surface area is 158 Å². The van der Waals surface area contributed by atoms with Crippen molar-refractivity contribution in [2.24, 2.45) is 5.92 Å². The van der Waals surface area contributed by atoms with E-state index in [1.165, 1.54) is 0 Å². The number of rotatable bonds is 9. The Hall–Kier alpha value is -2.38. The molecular weight excluding hydrogens is 346 g/mol. The zero-order chi connectivity index (χ0) is 19.6. The number of hydrogen-bond donors (Lipinski definition) is 2. The lowest BCUT2D eigenvalue weighted by molar-refractivity contribution is -0.121. The maximum atomic E-state index is 12.5. The number of carbonyl (C=O) groups is 1. The van der Waals surface area contributed by atoms with Crippen LogP contribution in [0, 0.1) is 5.92 Å². The summed E-state index contributed by atoms with van der Waals surface area (Å²) < 4.78 is 3.43. The number of nitrogens with one attached hydrogen (secondary N) is 2. The average molecular weight is 375 g/mol. The van der Waals surface area contributed by atoms with E-state index >= 15 is 0 Å². The van der Waals surface area contributed by atoms with Crippen LogP contribution in [-0.2, 0) is 24.3 Å². The van der Waals surface area contributed by atoms with Gasteiger partial charge in [0.25, 0.3) is 5.56 Å². The first-order valence-corrected chi connectivity index (χ1v) is 9.92. The number of imidazole rings is 1. The van der Waals surface area contributed by atoms with E-state index in [1.807, 2.05) is 4.57 Å². The predicted octanol–water partition coefficient (Wildman–Crippen LogP) is 1.55. The van der Waals surface area contributed by atoms with E-state index in [0.29, 0.717) is 54.9 Å². The summed E-state index contributed by atoms with van der Waals surface area (Å²) in [5, 5.41) is 2.98. The van der Waals surface area contributed by atoms with Crippen LogP contribution in [0.4, 0.5) is 0 Å². The number of H-pyrrole nitrogens is 1. The fourth-order valence-electron chi connectivity index (χ4n) is 3.25. The maximum absolute atomic E-state index is 12.5. The van der Waals surface area contributed by atoms with Gasteiger partial charge in [0.1, 0.15) is 5.82 Å². The maximum Gasteiger partial charge on any atom is 0.330 e. The molecule has 1 fully saturated rings. The molecule has 2 N–H and O–H groups in total. The summed E-state index contributed by atoms with van der Waals surface area (Å²) in [4.78, 5) is 44.0. The second kappa shape index (κ2) is 8.10. The SMILES string of the molecule is CCCCn1c(=O)[nH]c(=O)c2c1nc(CCC(=O)NC1CC1)n2CC(C)C. The molecule has 1 aliphatic rings. The van der Waals surface area contributed by atoms with Crippen molar-refractivity contribution >= 4 is 17.1 Å². The number of aryl methyl sites for hydroxylation is 2. The third-order valence-electron chi connectivity index (χ3n) is 4.77. The standard InChI is InChI=1S/C19H29N5O3/c1-4-5-10-23-17-16(18(26)22-19(23)27)24(11-12(2)3)14(21-17)8-9-15(25)20-13-6-7-13/h12-13H,4-11H2,1-3H3,(H,20,25)(H,22,26,27). The number of nitrogens with zero attached hydrogens (tertiary/aromatic N) is 3. The largest absolute Gasteiger partial charge is 0.353 e. The van der Waals surface area contributed by atoms with Gasteiger partial charge in [-0.15, -0.1) is 0 Å². The monoisotopic (exact) mass is 375 g/mol. The van der Waals surface area contributed by atoms with Crippen LogP contribution >= 0.6 is 0 Å². The van der Waals surface area contributed by atoms with E-state index in [0.717, 1.165) is 25.7 Å². The number of aromatic amines is 1. The molecule has 0 aliphatic heterocycles. The predicted molar refractivity (Wildman–Crippen MR) is 104 cm³/mol. The molecular formula is C19H29N5O3. The molecule has 2 aromatic rings. The van der Waals surface area contributed by atoms with E-state index in [-0.39, 0.29) is 5.91 Å². The van der Waals surface area contributed by atoms with Gasteiger partial charge in [-0.2, -0.15) is 0 Å². The van der Waals surface area contributed by atoms with Crippen molar-refractivity contribution < 1.29 is 4.79 Å². The van der Waals surface area contributed by atoms with E-state index in [2.05, 4.69) is 36.1 Å². The first-order chi connectivity index (χ1) is 12.9. The molecule has 27 heavy (non-hydrogen) atoms. The minimum Gasteiger partial charge on any atom is -0.353 e. The van der Waals surface area contributed by atoms with E-state index in [1.54, 1.807) is 4.57 Å². The van der Waals surface area contributed by atoms with Crippen molar-refractivity contribution in [2.75, 3.05) is 0 Å². The fourth-order valence-corrected chi connectivity index (χ4v) is 3.25. The van der Waals surface area contributed by atoms with Gasteiger partial charge in [0, 0.05) is 32.0 Å². The average Bonchev–Trinajstić information content (AvgIpc) is 3.33. The molecule has 148 valence electrons. The minimum atomic E-state index is -0.423. The van der Waals surface area contributed by atoms with E-state index in [9.17, 15) is 14.4 Å². The van der Waals surface area contributed by atoms with Gasteiger partial charge >= 0.3 is 5.69 Å². The van der Waals surface area contributed by atoms with Gasteiger partial charge < -0.3 is 9.88 Å². The third-order valence-corrected chi connectivity index (χ3v) is 4.77. The highest BCUT2D eigenvalue weighted by molar-refractivity contribution is 5.77. The van der Waals surface area contributed by atoms with Gasteiger partial charge in [-0.05, 0) is 25.2 Å². The van der Waals surface area contributed by atoms with Crippen LogP contribution in [0.1, 0.15) is 58.7 Å². The lowest BCUT2D eigenvalue weighted by Gasteiger charge is -2.11. The topological polar surface area (TPSA) is 102 Å². The lowest BCUT2D eigenvalue weighted by Crippen LogP contribution is -2.31. The molecule has 3 rings (SSSR count). The second-order valence-corrected chi connectivity index (χ2v) is 7.81. The van der Waals surface area contributed by atoms with Crippen molar-refractivity contribution in [3.05, 3.63) is 26.7 Å². The van der Waals surface area contributed by atoms with Crippen LogP contribution in [0.15, 0.2) is 9.59 Å². The van der Waals surface area contributed by atoms with Crippen molar-refractivity contribution in [1.29, 1.82) is 0 Å². The molecule has 1 aliphatic carbocycles. The molecule has 0 atom stereocenters. The smallest absolute Gasteiger partial charge is 0.330 e. The summed E-state index contributed by atoms with van der Waals surface area (Å²) in [5.74, 6) is 1.00. The number of carbonyl (C=O) groups excluding carboxylic acids is 1. The molecule has 0 aromatic carbocycles. The molecule has 8 heteroatoms. The first kappa shape index (κ1) is 19.4.